The van der Waals surface area contributed by atoms with Crippen LogP contribution in [-0.4, -0.2) is 29.4 Å². The lowest BCUT2D eigenvalue weighted by atomic mass is 9.81. The van der Waals surface area contributed by atoms with Crippen LogP contribution in [0.25, 0.3) is 0 Å². The summed E-state index contributed by atoms with van der Waals surface area (Å²) in [5, 5.41) is 19.8. The van der Waals surface area contributed by atoms with Crippen molar-refractivity contribution < 1.29 is 24.5 Å². The van der Waals surface area contributed by atoms with Gasteiger partial charge in [-0.25, -0.2) is 0 Å². The van der Waals surface area contributed by atoms with Crippen LogP contribution in [0.2, 0.25) is 0 Å². The average molecular weight is 280 g/mol. The van der Waals surface area contributed by atoms with Crippen molar-refractivity contribution in [3.63, 3.8) is 0 Å². The molecule has 1 aromatic carbocycles. The Bertz CT molecular complexity index is 495. The first-order valence-electron chi connectivity index (χ1n) is 6.82. The van der Waals surface area contributed by atoms with E-state index in [1.807, 2.05) is 0 Å². The number of benzene rings is 1. The molecule has 0 amide bonds. The molecule has 0 aromatic heterocycles. The molecule has 0 bridgehead atoms. The van der Waals surface area contributed by atoms with Crippen molar-refractivity contribution in [2.75, 3.05) is 13.2 Å². The van der Waals surface area contributed by atoms with E-state index in [4.69, 9.17) is 9.47 Å². The zero-order valence-corrected chi connectivity index (χ0v) is 11.8. The monoisotopic (exact) mass is 280 g/mol. The zero-order valence-electron chi connectivity index (χ0n) is 11.8. The summed E-state index contributed by atoms with van der Waals surface area (Å²) >= 11 is 0. The minimum Gasteiger partial charge on any atom is -0.490 e. The van der Waals surface area contributed by atoms with Crippen LogP contribution in [0.1, 0.15) is 32.3 Å². The highest BCUT2D eigenvalue weighted by Gasteiger charge is 2.38. The van der Waals surface area contributed by atoms with Crippen molar-refractivity contribution in [1.29, 1.82) is 0 Å². The molecule has 5 heteroatoms. The van der Waals surface area contributed by atoms with E-state index in [2.05, 4.69) is 0 Å². The first-order valence-corrected chi connectivity index (χ1v) is 6.82. The van der Waals surface area contributed by atoms with Crippen molar-refractivity contribution in [1.82, 2.24) is 0 Å². The average Bonchev–Trinajstić information content (AvgIpc) is 2.62. The number of aliphatic carboxylic acids is 1. The highest BCUT2D eigenvalue weighted by atomic mass is 16.5. The number of hydrogen-bond acceptors (Lipinski definition) is 4. The molecule has 2 N–H and O–H groups in total. The lowest BCUT2D eigenvalue weighted by Gasteiger charge is -2.30. The van der Waals surface area contributed by atoms with Crippen LogP contribution in [0, 0.1) is 5.92 Å². The summed E-state index contributed by atoms with van der Waals surface area (Å²) in [6, 6.07) is 5.09. The van der Waals surface area contributed by atoms with E-state index >= 15 is 0 Å². The number of carbonyl (C=O) groups is 1. The van der Waals surface area contributed by atoms with Crippen molar-refractivity contribution >= 4 is 5.97 Å². The first kappa shape index (κ1) is 14.7. The molecule has 1 aliphatic heterocycles. The van der Waals surface area contributed by atoms with Gasteiger partial charge in [-0.3, -0.25) is 4.79 Å². The van der Waals surface area contributed by atoms with E-state index < -0.39 is 17.5 Å². The molecular weight excluding hydrogens is 260 g/mol. The first-order chi connectivity index (χ1) is 9.46. The van der Waals surface area contributed by atoms with Gasteiger partial charge in [0.2, 0.25) is 0 Å². The van der Waals surface area contributed by atoms with E-state index in [9.17, 15) is 15.0 Å². The number of aliphatic hydroxyl groups is 1. The number of rotatable bonds is 4. The van der Waals surface area contributed by atoms with Gasteiger partial charge in [-0.1, -0.05) is 13.0 Å². The third-order valence-electron chi connectivity index (χ3n) is 3.72. The molecule has 0 spiro atoms. The topological polar surface area (TPSA) is 76.0 Å². The minimum atomic E-state index is -1.45. The maximum Gasteiger partial charge on any atom is 0.309 e. The molecule has 1 heterocycles. The standard InChI is InChI=1S/C15H20O5/c1-3-11(14(16)17)15(2,18)10-5-6-12-13(9-10)20-8-4-7-19-12/h5-6,9,11,18H,3-4,7-8H2,1-2H3,(H,16,17). The Morgan fingerprint density at radius 3 is 2.60 bits per heavy atom. The molecule has 0 saturated carbocycles. The Morgan fingerprint density at radius 1 is 1.35 bits per heavy atom. The number of ether oxygens (including phenoxy) is 2. The summed E-state index contributed by atoms with van der Waals surface area (Å²) in [5.74, 6) is -0.692. The van der Waals surface area contributed by atoms with Crippen LogP contribution in [0.15, 0.2) is 18.2 Å². The number of fused-ring (bicyclic) bond motifs is 1. The third kappa shape index (κ3) is 2.72. The Balaban J connectivity index is 2.37. The Morgan fingerprint density at radius 2 is 2.00 bits per heavy atom. The van der Waals surface area contributed by atoms with Gasteiger partial charge in [-0.05, 0) is 31.0 Å². The minimum absolute atomic E-state index is 0.344. The van der Waals surface area contributed by atoms with Crippen LogP contribution in [0.3, 0.4) is 0 Å². The molecule has 20 heavy (non-hydrogen) atoms. The second-order valence-electron chi connectivity index (χ2n) is 5.16. The molecule has 110 valence electrons. The van der Waals surface area contributed by atoms with E-state index in [-0.39, 0.29) is 0 Å². The summed E-state index contributed by atoms with van der Waals surface area (Å²) in [6.45, 7) is 4.41. The van der Waals surface area contributed by atoms with Crippen LogP contribution < -0.4 is 9.47 Å². The van der Waals surface area contributed by atoms with E-state index in [0.29, 0.717) is 36.7 Å². The number of carboxylic acids is 1. The van der Waals surface area contributed by atoms with Gasteiger partial charge >= 0.3 is 5.97 Å². The lowest BCUT2D eigenvalue weighted by Crippen LogP contribution is -2.36. The summed E-state index contributed by atoms with van der Waals surface area (Å²) in [5.41, 5.74) is -0.929. The largest absolute Gasteiger partial charge is 0.490 e. The van der Waals surface area contributed by atoms with E-state index in [1.165, 1.54) is 6.92 Å². The molecule has 1 aromatic rings. The van der Waals surface area contributed by atoms with Gasteiger partial charge in [0, 0.05) is 6.42 Å². The van der Waals surface area contributed by atoms with Gasteiger partial charge < -0.3 is 19.7 Å². The highest BCUT2D eigenvalue weighted by Crippen LogP contribution is 2.38. The van der Waals surface area contributed by atoms with E-state index in [1.54, 1.807) is 25.1 Å². The van der Waals surface area contributed by atoms with Gasteiger partial charge in [-0.2, -0.15) is 0 Å². The number of carboxylic acid groups (broad SMARTS) is 1. The molecule has 2 unspecified atom stereocenters. The number of hydrogen-bond donors (Lipinski definition) is 2. The van der Waals surface area contributed by atoms with Gasteiger partial charge in [-0.15, -0.1) is 0 Å². The summed E-state index contributed by atoms with van der Waals surface area (Å²) in [6.07, 6.45) is 1.14. The van der Waals surface area contributed by atoms with Crippen LogP contribution in [0.5, 0.6) is 11.5 Å². The smallest absolute Gasteiger partial charge is 0.309 e. The fraction of sp³-hybridized carbons (Fsp3) is 0.533. The van der Waals surface area contributed by atoms with E-state index in [0.717, 1.165) is 6.42 Å². The van der Waals surface area contributed by atoms with Crippen LogP contribution in [-0.2, 0) is 10.4 Å². The molecule has 2 atom stereocenters. The fourth-order valence-corrected chi connectivity index (χ4v) is 2.49. The predicted molar refractivity (Wildman–Crippen MR) is 73.0 cm³/mol. The van der Waals surface area contributed by atoms with Gasteiger partial charge in [0.1, 0.15) is 5.60 Å². The molecular formula is C15H20O5. The van der Waals surface area contributed by atoms with Crippen molar-refractivity contribution in [3.05, 3.63) is 23.8 Å². The molecule has 0 radical (unpaired) electrons. The Kier molecular flexibility index (Phi) is 4.18. The molecule has 0 fully saturated rings. The zero-order chi connectivity index (χ0) is 14.8. The highest BCUT2D eigenvalue weighted by molar-refractivity contribution is 5.72. The van der Waals surface area contributed by atoms with Crippen molar-refractivity contribution in [2.45, 2.75) is 32.3 Å². The van der Waals surface area contributed by atoms with Crippen LogP contribution in [0.4, 0.5) is 0 Å². The molecule has 0 aliphatic carbocycles. The second-order valence-corrected chi connectivity index (χ2v) is 5.16. The van der Waals surface area contributed by atoms with Crippen molar-refractivity contribution in [2.24, 2.45) is 5.92 Å². The van der Waals surface area contributed by atoms with Gasteiger partial charge in [0.15, 0.2) is 11.5 Å². The normalized spacial score (nSPS) is 18.8. The maximum absolute atomic E-state index is 11.3. The van der Waals surface area contributed by atoms with Crippen LogP contribution >= 0.6 is 0 Å². The quantitative estimate of drug-likeness (QED) is 0.884. The molecule has 5 nitrogen and oxygen atoms in total. The second kappa shape index (κ2) is 5.71. The summed E-state index contributed by atoms with van der Waals surface area (Å²) < 4.78 is 11.1. The fourth-order valence-electron chi connectivity index (χ4n) is 2.49. The van der Waals surface area contributed by atoms with Gasteiger partial charge in [0.05, 0.1) is 19.1 Å². The third-order valence-corrected chi connectivity index (χ3v) is 3.72. The predicted octanol–water partition coefficient (Wildman–Crippen LogP) is 2.17. The SMILES string of the molecule is CCC(C(=O)O)C(C)(O)c1ccc2c(c1)OCCCO2. The molecule has 0 saturated heterocycles. The lowest BCUT2D eigenvalue weighted by molar-refractivity contribution is -0.152. The summed E-state index contributed by atoms with van der Waals surface area (Å²) in [7, 11) is 0. The maximum atomic E-state index is 11.3. The molecule has 1 aliphatic rings. The Labute approximate surface area is 118 Å². The molecule has 2 rings (SSSR count). The Hall–Kier alpha value is -1.75. The van der Waals surface area contributed by atoms with Gasteiger partial charge in [0.25, 0.3) is 0 Å². The summed E-state index contributed by atoms with van der Waals surface area (Å²) in [4.78, 5) is 11.3. The van der Waals surface area contributed by atoms with Crippen molar-refractivity contribution in [3.8, 4) is 11.5 Å².